The standard InChI is InChI=1S/C25H21N5/c1-17(2)28-25-22-14-23(27-16-20(22)13-21(15-26)29-25)30-24(18-9-5-3-6-10-18)19-11-7-4-8-12-19/h3-14,16-17H,1-2H3,(H,28,29). The fourth-order valence-electron chi connectivity index (χ4n) is 3.24. The van der Waals surface area contributed by atoms with Crippen molar-refractivity contribution in [3.63, 3.8) is 0 Å². The van der Waals surface area contributed by atoms with Crippen LogP contribution in [0.1, 0.15) is 30.7 Å². The van der Waals surface area contributed by atoms with Gasteiger partial charge in [0.2, 0.25) is 0 Å². The highest BCUT2D eigenvalue weighted by atomic mass is 15.0. The molecule has 0 bridgehead atoms. The SMILES string of the molecule is CC(C)Nc1nc(C#N)cc2cnc(N=C(c3ccccc3)c3ccccc3)cc12. The molecule has 0 saturated carbocycles. The molecule has 146 valence electrons. The Bertz CT molecular complexity index is 1200. The quantitative estimate of drug-likeness (QED) is 0.457. The van der Waals surface area contributed by atoms with Crippen molar-refractivity contribution in [2.24, 2.45) is 4.99 Å². The highest BCUT2D eigenvalue weighted by Crippen LogP contribution is 2.27. The first-order valence-electron chi connectivity index (χ1n) is 9.81. The molecule has 0 radical (unpaired) electrons. The van der Waals surface area contributed by atoms with Crippen molar-refractivity contribution in [2.75, 3.05) is 5.32 Å². The topological polar surface area (TPSA) is 74.0 Å². The average Bonchev–Trinajstić information content (AvgIpc) is 2.78. The first-order valence-corrected chi connectivity index (χ1v) is 9.81. The number of nitrogens with zero attached hydrogens (tertiary/aromatic N) is 4. The molecule has 2 aromatic carbocycles. The van der Waals surface area contributed by atoms with E-state index >= 15 is 0 Å². The predicted octanol–water partition coefficient (Wildman–Crippen LogP) is 5.49. The predicted molar refractivity (Wildman–Crippen MR) is 121 cm³/mol. The first kappa shape index (κ1) is 19.3. The second kappa shape index (κ2) is 8.54. The molecule has 1 N–H and O–H groups in total. The number of aliphatic imine (C=N–C) groups is 1. The van der Waals surface area contributed by atoms with Gasteiger partial charge in [-0.3, -0.25) is 0 Å². The third-order valence-corrected chi connectivity index (χ3v) is 4.56. The van der Waals surface area contributed by atoms with E-state index < -0.39 is 0 Å². The number of nitriles is 1. The molecule has 2 heterocycles. The molecule has 4 aromatic rings. The summed E-state index contributed by atoms with van der Waals surface area (Å²) in [5, 5.41) is 14.4. The summed E-state index contributed by atoms with van der Waals surface area (Å²) in [4.78, 5) is 13.9. The molecule has 30 heavy (non-hydrogen) atoms. The van der Waals surface area contributed by atoms with Gasteiger partial charge in [0.05, 0.1) is 5.71 Å². The fraction of sp³-hybridized carbons (Fsp3) is 0.120. The van der Waals surface area contributed by atoms with E-state index in [4.69, 9.17) is 4.99 Å². The van der Waals surface area contributed by atoms with Crippen molar-refractivity contribution in [2.45, 2.75) is 19.9 Å². The zero-order chi connectivity index (χ0) is 20.9. The van der Waals surface area contributed by atoms with Gasteiger partial charge in [-0.1, -0.05) is 60.7 Å². The Morgan fingerprint density at radius 1 is 0.967 bits per heavy atom. The van der Waals surface area contributed by atoms with Gasteiger partial charge in [-0.05, 0) is 26.0 Å². The van der Waals surface area contributed by atoms with Gasteiger partial charge in [-0.15, -0.1) is 0 Å². The summed E-state index contributed by atoms with van der Waals surface area (Å²) in [7, 11) is 0. The number of hydrogen-bond acceptors (Lipinski definition) is 5. The Balaban J connectivity index is 1.88. The Hall–Kier alpha value is -4.04. The van der Waals surface area contributed by atoms with E-state index in [0.717, 1.165) is 27.6 Å². The second-order valence-electron chi connectivity index (χ2n) is 7.22. The molecule has 0 amide bonds. The lowest BCUT2D eigenvalue weighted by molar-refractivity contribution is 0.891. The van der Waals surface area contributed by atoms with Crippen LogP contribution in [0.4, 0.5) is 11.6 Å². The van der Waals surface area contributed by atoms with Gasteiger partial charge >= 0.3 is 0 Å². The fourth-order valence-corrected chi connectivity index (χ4v) is 3.24. The van der Waals surface area contributed by atoms with Crippen LogP contribution in [-0.2, 0) is 0 Å². The average molecular weight is 391 g/mol. The summed E-state index contributed by atoms with van der Waals surface area (Å²) in [6, 6.07) is 26.1. The second-order valence-corrected chi connectivity index (χ2v) is 7.22. The molecular formula is C25H21N5. The largest absolute Gasteiger partial charge is 0.367 e. The molecule has 0 unspecified atom stereocenters. The van der Waals surface area contributed by atoms with E-state index in [-0.39, 0.29) is 6.04 Å². The zero-order valence-electron chi connectivity index (χ0n) is 16.9. The maximum Gasteiger partial charge on any atom is 0.153 e. The van der Waals surface area contributed by atoms with Crippen molar-refractivity contribution in [1.82, 2.24) is 9.97 Å². The van der Waals surface area contributed by atoms with E-state index in [1.165, 1.54) is 0 Å². The lowest BCUT2D eigenvalue weighted by atomic mass is 10.0. The normalized spacial score (nSPS) is 10.6. The summed E-state index contributed by atoms with van der Waals surface area (Å²) < 4.78 is 0. The van der Waals surface area contributed by atoms with Crippen molar-refractivity contribution in [3.8, 4) is 6.07 Å². The van der Waals surface area contributed by atoms with E-state index in [0.29, 0.717) is 17.3 Å². The number of anilines is 1. The number of rotatable bonds is 5. The minimum atomic E-state index is 0.180. The van der Waals surface area contributed by atoms with Crippen LogP contribution in [-0.4, -0.2) is 21.7 Å². The molecular weight excluding hydrogens is 370 g/mol. The van der Waals surface area contributed by atoms with Crippen LogP contribution in [0, 0.1) is 11.3 Å². The molecule has 0 saturated heterocycles. The molecule has 0 aliphatic rings. The third kappa shape index (κ3) is 4.18. The van der Waals surface area contributed by atoms with Crippen LogP contribution in [0.25, 0.3) is 10.8 Å². The maximum atomic E-state index is 9.30. The molecule has 0 spiro atoms. The van der Waals surface area contributed by atoms with Gasteiger partial charge in [0, 0.05) is 34.1 Å². The summed E-state index contributed by atoms with van der Waals surface area (Å²) in [5.74, 6) is 1.25. The number of fused-ring (bicyclic) bond motifs is 1. The Kier molecular flexibility index (Phi) is 5.49. The maximum absolute atomic E-state index is 9.30. The summed E-state index contributed by atoms with van der Waals surface area (Å²) in [5.41, 5.74) is 3.24. The summed E-state index contributed by atoms with van der Waals surface area (Å²) in [6.45, 7) is 4.07. The molecule has 0 atom stereocenters. The highest BCUT2D eigenvalue weighted by Gasteiger charge is 2.11. The molecule has 0 fully saturated rings. The molecule has 0 aliphatic heterocycles. The Morgan fingerprint density at radius 2 is 1.60 bits per heavy atom. The molecule has 2 aromatic heterocycles. The van der Waals surface area contributed by atoms with Gasteiger partial charge in [0.1, 0.15) is 17.6 Å². The van der Waals surface area contributed by atoms with Crippen molar-refractivity contribution in [3.05, 3.63) is 95.8 Å². The molecule has 5 nitrogen and oxygen atoms in total. The molecule has 4 rings (SSSR count). The zero-order valence-corrected chi connectivity index (χ0v) is 16.9. The van der Waals surface area contributed by atoms with Gasteiger partial charge in [0.15, 0.2) is 5.82 Å². The third-order valence-electron chi connectivity index (χ3n) is 4.56. The van der Waals surface area contributed by atoms with Crippen molar-refractivity contribution < 1.29 is 0 Å². The lowest BCUT2D eigenvalue weighted by Crippen LogP contribution is -2.12. The monoisotopic (exact) mass is 391 g/mol. The van der Waals surface area contributed by atoms with Crippen LogP contribution in [0.5, 0.6) is 0 Å². The number of nitrogens with one attached hydrogen (secondary N) is 1. The van der Waals surface area contributed by atoms with E-state index in [1.807, 2.05) is 80.6 Å². The Labute approximate surface area is 175 Å². The summed E-state index contributed by atoms with van der Waals surface area (Å²) in [6.07, 6.45) is 1.75. The van der Waals surface area contributed by atoms with Crippen LogP contribution in [0.15, 0.2) is 84.0 Å². The molecule has 0 aliphatic carbocycles. The molecule has 5 heteroatoms. The lowest BCUT2D eigenvalue weighted by Gasteiger charge is -2.13. The minimum Gasteiger partial charge on any atom is -0.367 e. The van der Waals surface area contributed by atoms with Crippen LogP contribution in [0.2, 0.25) is 0 Å². The minimum absolute atomic E-state index is 0.180. The van der Waals surface area contributed by atoms with Gasteiger partial charge in [0.25, 0.3) is 0 Å². The van der Waals surface area contributed by atoms with Crippen LogP contribution < -0.4 is 5.32 Å². The number of pyridine rings is 2. The summed E-state index contributed by atoms with van der Waals surface area (Å²) >= 11 is 0. The van der Waals surface area contributed by atoms with Crippen molar-refractivity contribution in [1.29, 1.82) is 5.26 Å². The van der Waals surface area contributed by atoms with E-state index in [9.17, 15) is 5.26 Å². The van der Waals surface area contributed by atoms with E-state index in [1.54, 1.807) is 12.3 Å². The smallest absolute Gasteiger partial charge is 0.153 e. The highest BCUT2D eigenvalue weighted by molar-refractivity contribution is 6.14. The number of hydrogen-bond donors (Lipinski definition) is 1. The van der Waals surface area contributed by atoms with Gasteiger partial charge in [-0.25, -0.2) is 15.0 Å². The van der Waals surface area contributed by atoms with Crippen molar-refractivity contribution >= 4 is 28.1 Å². The number of aromatic nitrogens is 2. The van der Waals surface area contributed by atoms with Gasteiger partial charge < -0.3 is 5.32 Å². The number of benzene rings is 2. The Morgan fingerprint density at radius 3 is 2.17 bits per heavy atom. The van der Waals surface area contributed by atoms with E-state index in [2.05, 4.69) is 21.4 Å². The van der Waals surface area contributed by atoms with Gasteiger partial charge in [-0.2, -0.15) is 5.26 Å². The first-order chi connectivity index (χ1) is 14.6. The van der Waals surface area contributed by atoms with Crippen LogP contribution in [0.3, 0.4) is 0 Å². The van der Waals surface area contributed by atoms with Crippen LogP contribution >= 0.6 is 0 Å².